The van der Waals surface area contributed by atoms with Crippen LogP contribution in [-0.4, -0.2) is 26.2 Å². The summed E-state index contributed by atoms with van der Waals surface area (Å²) in [7, 11) is 0. The molecule has 0 saturated carbocycles. The predicted molar refractivity (Wildman–Crippen MR) is 73.6 cm³/mol. The van der Waals surface area contributed by atoms with Gasteiger partial charge in [0.2, 0.25) is 0 Å². The summed E-state index contributed by atoms with van der Waals surface area (Å²) in [6.45, 7) is 0. The van der Waals surface area contributed by atoms with Gasteiger partial charge in [-0.05, 0) is 36.4 Å². The van der Waals surface area contributed by atoms with Gasteiger partial charge in [-0.1, -0.05) is 0 Å². The van der Waals surface area contributed by atoms with Gasteiger partial charge in [0.05, 0.1) is 16.6 Å². The first-order valence-corrected chi connectivity index (χ1v) is 6.03. The molecule has 1 aromatic heterocycles. The maximum atomic E-state index is 14.0. The number of aromatic hydroxyl groups is 1. The molecule has 0 unspecified atom stereocenters. The number of nitrogens with zero attached hydrogens (tertiary/aromatic N) is 2. The van der Waals surface area contributed by atoms with Gasteiger partial charge in [-0.3, -0.25) is 0 Å². The lowest BCUT2D eigenvalue weighted by Crippen LogP contribution is -1.99. The third-order valence-electron chi connectivity index (χ3n) is 3.02. The maximum Gasteiger partial charge on any atom is 0.335 e. The van der Waals surface area contributed by atoms with Gasteiger partial charge in [0.15, 0.2) is 5.82 Å². The molecule has 0 aliphatic carbocycles. The van der Waals surface area contributed by atoms with E-state index < -0.39 is 11.8 Å². The van der Waals surface area contributed by atoms with Crippen molar-refractivity contribution < 1.29 is 19.4 Å². The Hall–Kier alpha value is -3.02. The predicted octanol–water partition coefficient (Wildman–Crippen LogP) is 2.84. The molecule has 5 nitrogen and oxygen atoms in total. The Morgan fingerprint density at radius 3 is 2.67 bits per heavy atom. The van der Waals surface area contributed by atoms with Crippen LogP contribution in [0.25, 0.3) is 22.3 Å². The van der Waals surface area contributed by atoms with Crippen LogP contribution in [0.4, 0.5) is 4.39 Å². The Morgan fingerprint density at radius 1 is 1.14 bits per heavy atom. The summed E-state index contributed by atoms with van der Waals surface area (Å²) in [5.41, 5.74) is 0.538. The number of aromatic carboxylic acids is 1. The van der Waals surface area contributed by atoms with Crippen LogP contribution < -0.4 is 0 Å². The molecule has 6 heteroatoms. The average molecular weight is 284 g/mol. The monoisotopic (exact) mass is 284 g/mol. The maximum absolute atomic E-state index is 14.0. The summed E-state index contributed by atoms with van der Waals surface area (Å²) in [6.07, 6.45) is 1.47. The van der Waals surface area contributed by atoms with E-state index in [1.165, 1.54) is 30.5 Å². The number of halogens is 1. The highest BCUT2D eigenvalue weighted by Gasteiger charge is 2.12. The minimum atomic E-state index is -1.20. The number of carboxylic acid groups (broad SMARTS) is 1. The molecule has 0 amide bonds. The lowest BCUT2D eigenvalue weighted by molar-refractivity contribution is 0.0696. The first kappa shape index (κ1) is 13.0. The van der Waals surface area contributed by atoms with Crippen LogP contribution in [0.3, 0.4) is 0 Å². The van der Waals surface area contributed by atoms with Gasteiger partial charge >= 0.3 is 5.97 Å². The topological polar surface area (TPSA) is 83.3 Å². The zero-order chi connectivity index (χ0) is 15.0. The van der Waals surface area contributed by atoms with Crippen LogP contribution >= 0.6 is 0 Å². The van der Waals surface area contributed by atoms with E-state index in [9.17, 15) is 14.3 Å². The highest BCUT2D eigenvalue weighted by Crippen LogP contribution is 2.24. The number of phenols is 1. The fraction of sp³-hybridized carbons (Fsp3) is 0. The van der Waals surface area contributed by atoms with Crippen molar-refractivity contribution in [1.29, 1.82) is 0 Å². The molecule has 0 aliphatic heterocycles. The van der Waals surface area contributed by atoms with Gasteiger partial charge < -0.3 is 10.2 Å². The van der Waals surface area contributed by atoms with E-state index in [1.54, 1.807) is 6.07 Å². The highest BCUT2D eigenvalue weighted by atomic mass is 19.1. The zero-order valence-corrected chi connectivity index (χ0v) is 10.6. The molecule has 104 valence electrons. The molecule has 2 N–H and O–H groups in total. The summed E-state index contributed by atoms with van der Waals surface area (Å²) >= 11 is 0. The Bertz CT molecular complexity index is 865. The van der Waals surface area contributed by atoms with Gasteiger partial charge in [0.1, 0.15) is 11.6 Å². The number of rotatable bonds is 2. The largest absolute Gasteiger partial charge is 0.508 e. The normalized spacial score (nSPS) is 10.7. The van der Waals surface area contributed by atoms with Gasteiger partial charge in [-0.15, -0.1) is 0 Å². The van der Waals surface area contributed by atoms with Crippen molar-refractivity contribution in [2.45, 2.75) is 0 Å². The van der Waals surface area contributed by atoms with Gasteiger partial charge in [-0.25, -0.2) is 19.2 Å². The SMILES string of the molecule is O=C(O)c1ccc(-c2ncc3cc(O)ccc3n2)c(F)c1. The average Bonchev–Trinajstić information content (AvgIpc) is 2.46. The first-order chi connectivity index (χ1) is 10.0. The molecule has 0 saturated heterocycles. The summed E-state index contributed by atoms with van der Waals surface area (Å²) in [6, 6.07) is 8.14. The summed E-state index contributed by atoms with van der Waals surface area (Å²) in [4.78, 5) is 19.0. The molecule has 0 spiro atoms. The molecule has 0 atom stereocenters. The molecule has 0 radical (unpaired) electrons. The Kier molecular flexibility index (Phi) is 2.98. The van der Waals surface area contributed by atoms with Crippen molar-refractivity contribution in [1.82, 2.24) is 9.97 Å². The molecule has 3 rings (SSSR count). The fourth-order valence-electron chi connectivity index (χ4n) is 1.98. The molecule has 21 heavy (non-hydrogen) atoms. The standard InChI is InChI=1S/C15H9FN2O3/c16-12-6-8(15(20)21)1-3-11(12)14-17-7-9-5-10(19)2-4-13(9)18-14/h1-7,19H,(H,20,21). The van der Waals surface area contributed by atoms with Crippen LogP contribution in [0, 0.1) is 5.82 Å². The summed E-state index contributed by atoms with van der Waals surface area (Å²) < 4.78 is 14.0. The van der Waals surface area contributed by atoms with Crippen molar-refractivity contribution in [3.63, 3.8) is 0 Å². The second kappa shape index (κ2) is 4.82. The Balaban J connectivity index is 2.12. The van der Waals surface area contributed by atoms with E-state index in [1.807, 2.05) is 0 Å². The molecule has 0 bridgehead atoms. The van der Waals surface area contributed by atoms with E-state index in [-0.39, 0.29) is 22.7 Å². The number of fused-ring (bicyclic) bond motifs is 1. The second-order valence-corrected chi connectivity index (χ2v) is 4.44. The zero-order valence-electron chi connectivity index (χ0n) is 10.6. The molecular weight excluding hydrogens is 275 g/mol. The molecular formula is C15H9FN2O3. The molecule has 1 heterocycles. The van der Waals surface area contributed by atoms with E-state index >= 15 is 0 Å². The Labute approximate surface area is 118 Å². The highest BCUT2D eigenvalue weighted by molar-refractivity contribution is 5.88. The van der Waals surface area contributed by atoms with Crippen LogP contribution in [0.5, 0.6) is 5.75 Å². The Morgan fingerprint density at radius 2 is 1.95 bits per heavy atom. The second-order valence-electron chi connectivity index (χ2n) is 4.44. The van der Waals surface area contributed by atoms with Crippen LogP contribution in [0.2, 0.25) is 0 Å². The van der Waals surface area contributed by atoms with E-state index in [4.69, 9.17) is 5.11 Å². The van der Waals surface area contributed by atoms with E-state index in [0.717, 1.165) is 6.07 Å². The quantitative estimate of drug-likeness (QED) is 0.756. The molecule has 0 fully saturated rings. The lowest BCUT2D eigenvalue weighted by atomic mass is 10.1. The molecule has 2 aromatic carbocycles. The number of hydrogen-bond acceptors (Lipinski definition) is 4. The smallest absolute Gasteiger partial charge is 0.335 e. The minimum absolute atomic E-state index is 0.0934. The number of carboxylic acids is 1. The van der Waals surface area contributed by atoms with Crippen molar-refractivity contribution >= 4 is 16.9 Å². The minimum Gasteiger partial charge on any atom is -0.508 e. The number of hydrogen-bond donors (Lipinski definition) is 2. The summed E-state index contributed by atoms with van der Waals surface area (Å²) in [5.74, 6) is -1.65. The van der Waals surface area contributed by atoms with Crippen molar-refractivity contribution in [3.05, 3.63) is 54.0 Å². The number of benzene rings is 2. The first-order valence-electron chi connectivity index (χ1n) is 6.03. The lowest BCUT2D eigenvalue weighted by Gasteiger charge is -2.05. The van der Waals surface area contributed by atoms with Crippen molar-refractivity contribution in [2.75, 3.05) is 0 Å². The van der Waals surface area contributed by atoms with Gasteiger partial charge in [0.25, 0.3) is 0 Å². The number of carbonyl (C=O) groups is 1. The third-order valence-corrected chi connectivity index (χ3v) is 3.02. The van der Waals surface area contributed by atoms with Gasteiger partial charge in [0, 0.05) is 11.6 Å². The van der Waals surface area contributed by atoms with Crippen LogP contribution in [0.1, 0.15) is 10.4 Å². The third kappa shape index (κ3) is 2.38. The summed E-state index contributed by atoms with van der Waals surface area (Å²) in [5, 5.41) is 18.8. The molecule has 3 aromatic rings. The number of aromatic nitrogens is 2. The van der Waals surface area contributed by atoms with Crippen molar-refractivity contribution in [2.24, 2.45) is 0 Å². The van der Waals surface area contributed by atoms with E-state index in [2.05, 4.69) is 9.97 Å². The fourth-order valence-corrected chi connectivity index (χ4v) is 1.98. The van der Waals surface area contributed by atoms with Crippen molar-refractivity contribution in [3.8, 4) is 17.1 Å². The number of phenolic OH excluding ortho intramolecular Hbond substituents is 1. The molecule has 0 aliphatic rings. The van der Waals surface area contributed by atoms with Gasteiger partial charge in [-0.2, -0.15) is 0 Å². The van der Waals surface area contributed by atoms with Crippen LogP contribution in [0.15, 0.2) is 42.6 Å². The van der Waals surface area contributed by atoms with E-state index in [0.29, 0.717) is 10.9 Å². The van der Waals surface area contributed by atoms with Crippen LogP contribution in [-0.2, 0) is 0 Å².